The van der Waals surface area contributed by atoms with Gasteiger partial charge in [-0.25, -0.2) is 9.20 Å². The molecule has 8 nitrogen and oxygen atoms in total. The second kappa shape index (κ2) is 10.5. The second-order valence-corrected chi connectivity index (χ2v) is 6.57. The van der Waals surface area contributed by atoms with Gasteiger partial charge in [-0.05, 0) is 44.2 Å². The van der Waals surface area contributed by atoms with Crippen molar-refractivity contribution in [3.63, 3.8) is 0 Å². The smallest absolute Gasteiger partial charge is 0.186 e. The van der Waals surface area contributed by atoms with Crippen LogP contribution in [-0.4, -0.2) is 42.5 Å². The summed E-state index contributed by atoms with van der Waals surface area (Å²) in [6.07, 6.45) is 1.33. The molecule has 0 aliphatic heterocycles. The third kappa shape index (κ3) is 5.37. The molecule has 28 heavy (non-hydrogen) atoms. The summed E-state index contributed by atoms with van der Waals surface area (Å²) < 4.78 is 30.6. The Kier molecular flexibility index (Phi) is 8.09. The molecule has 2 aromatic rings. The number of anilines is 1. The van der Waals surface area contributed by atoms with Crippen molar-refractivity contribution in [3.05, 3.63) is 36.4 Å². The topological polar surface area (TPSA) is 96.1 Å². The molecule has 2 aromatic carbocycles. The molecule has 1 N–H and O–H groups in total. The van der Waals surface area contributed by atoms with Crippen LogP contribution in [0.5, 0.6) is 5.75 Å². The fraction of sp³-hybridized carbons (Fsp3) is 0.316. The summed E-state index contributed by atoms with van der Waals surface area (Å²) in [6, 6.07) is 9.94. The van der Waals surface area contributed by atoms with Crippen molar-refractivity contribution in [3.8, 4) is 5.75 Å². The highest BCUT2D eigenvalue weighted by molar-refractivity contribution is 7.79. The van der Waals surface area contributed by atoms with Gasteiger partial charge in [-0.15, -0.1) is 5.11 Å². The largest absolute Gasteiger partial charge is 0.494 e. The van der Waals surface area contributed by atoms with Crippen LogP contribution in [0.1, 0.15) is 13.8 Å². The van der Waals surface area contributed by atoms with Crippen LogP contribution in [0.15, 0.2) is 56.5 Å². The molecule has 0 aromatic heterocycles. The number of azo groups is 1. The van der Waals surface area contributed by atoms with E-state index in [1.54, 1.807) is 25.3 Å². The van der Waals surface area contributed by atoms with Gasteiger partial charge in [-0.3, -0.25) is 0 Å². The molecule has 2 rings (SSSR count). The molecule has 0 heterocycles. The van der Waals surface area contributed by atoms with Gasteiger partial charge in [-0.1, -0.05) is 0 Å². The average molecular weight is 404 g/mol. The van der Waals surface area contributed by atoms with E-state index in [0.717, 1.165) is 18.8 Å². The lowest BCUT2D eigenvalue weighted by molar-refractivity contribution is 0.414. The van der Waals surface area contributed by atoms with Crippen molar-refractivity contribution in [2.24, 2.45) is 15.2 Å². The molecule has 1 unspecified atom stereocenters. The van der Waals surface area contributed by atoms with Crippen molar-refractivity contribution >= 4 is 40.2 Å². The van der Waals surface area contributed by atoms with Crippen molar-refractivity contribution < 1.29 is 18.2 Å². The van der Waals surface area contributed by atoms with E-state index in [0.29, 0.717) is 27.7 Å². The van der Waals surface area contributed by atoms with Gasteiger partial charge >= 0.3 is 0 Å². The lowest BCUT2D eigenvalue weighted by atomic mass is 10.2. The number of hydrogen-bond donors (Lipinski definition) is 1. The van der Waals surface area contributed by atoms with E-state index in [4.69, 9.17) is 14.0 Å². The quantitative estimate of drug-likeness (QED) is 0.279. The monoisotopic (exact) mass is 404 g/mol. The predicted octanol–water partition coefficient (Wildman–Crippen LogP) is 4.84. The zero-order valence-corrected chi connectivity index (χ0v) is 17.1. The van der Waals surface area contributed by atoms with Crippen molar-refractivity contribution in [1.82, 2.24) is 0 Å². The predicted molar refractivity (Wildman–Crippen MR) is 111 cm³/mol. The summed E-state index contributed by atoms with van der Waals surface area (Å²) in [5.41, 5.74) is 2.55. The number of methoxy groups -OCH3 is 2. The number of rotatable bonds is 9. The summed E-state index contributed by atoms with van der Waals surface area (Å²) in [6.45, 7) is 5.77. The summed E-state index contributed by atoms with van der Waals surface area (Å²) in [5, 5.41) is 8.48. The minimum Gasteiger partial charge on any atom is -0.494 e. The standard InChI is InChI=1S/C19H24N4O4S/c1-5-23(6-2)18-11-16(20-13-26-3)17(12-19(18)27-4)22-21-14-7-9-15(10-8-14)28(24)25/h7-13H,5-6H2,1-4H3,(H,24,25). The van der Waals surface area contributed by atoms with Gasteiger partial charge in [-0.2, -0.15) is 5.11 Å². The van der Waals surface area contributed by atoms with Gasteiger partial charge in [0.15, 0.2) is 17.5 Å². The molecule has 0 bridgehead atoms. The van der Waals surface area contributed by atoms with Gasteiger partial charge in [0.25, 0.3) is 0 Å². The van der Waals surface area contributed by atoms with Gasteiger partial charge in [0.2, 0.25) is 0 Å². The Hall–Kier alpha value is -2.78. The first-order valence-corrected chi connectivity index (χ1v) is 9.79. The summed E-state index contributed by atoms with van der Waals surface area (Å²) in [7, 11) is 3.13. The minimum absolute atomic E-state index is 0.301. The Balaban J connectivity index is 2.45. The zero-order chi connectivity index (χ0) is 20.5. The molecule has 0 fully saturated rings. The van der Waals surface area contributed by atoms with E-state index < -0.39 is 11.1 Å². The normalized spacial score (nSPS) is 12.5. The van der Waals surface area contributed by atoms with Crippen molar-refractivity contribution in [1.29, 1.82) is 0 Å². The molecule has 0 aliphatic rings. The van der Waals surface area contributed by atoms with Gasteiger partial charge in [0, 0.05) is 19.2 Å². The molecule has 0 saturated carbocycles. The number of benzene rings is 2. The zero-order valence-electron chi connectivity index (χ0n) is 16.3. The van der Waals surface area contributed by atoms with E-state index in [-0.39, 0.29) is 0 Å². The molecule has 150 valence electrons. The highest BCUT2D eigenvalue weighted by Crippen LogP contribution is 2.40. The van der Waals surface area contributed by atoms with Crippen LogP contribution in [-0.2, 0) is 15.8 Å². The first-order valence-electron chi connectivity index (χ1n) is 8.69. The van der Waals surface area contributed by atoms with E-state index in [2.05, 4.69) is 34.0 Å². The maximum Gasteiger partial charge on any atom is 0.186 e. The molecule has 0 radical (unpaired) electrons. The molecule has 0 spiro atoms. The molecular formula is C19H24N4O4S. The molecule has 9 heteroatoms. The SMILES string of the molecule is CCN(CC)c1cc(N=COC)c(N=Nc2ccc(S(=O)O)cc2)cc1OC. The number of aliphatic imine (C=N–C) groups is 1. The van der Waals surface area contributed by atoms with Gasteiger partial charge in [0.1, 0.15) is 11.4 Å². The summed E-state index contributed by atoms with van der Waals surface area (Å²) >= 11 is -2.02. The Morgan fingerprint density at radius 1 is 1.07 bits per heavy atom. The first kappa shape index (κ1) is 21.5. The molecule has 0 aliphatic carbocycles. The van der Waals surface area contributed by atoms with Crippen LogP contribution in [0.25, 0.3) is 0 Å². The summed E-state index contributed by atoms with van der Waals surface area (Å²) in [4.78, 5) is 6.76. The minimum atomic E-state index is -2.02. The Bertz CT molecular complexity index is 865. The molecule has 0 saturated heterocycles. The lowest BCUT2D eigenvalue weighted by Gasteiger charge is -2.24. The van der Waals surface area contributed by atoms with E-state index in [1.807, 2.05) is 6.07 Å². The fourth-order valence-corrected chi connectivity index (χ4v) is 2.92. The highest BCUT2D eigenvalue weighted by atomic mass is 32.2. The van der Waals surface area contributed by atoms with Crippen molar-refractivity contribution in [2.75, 3.05) is 32.2 Å². The van der Waals surface area contributed by atoms with Crippen LogP contribution in [0.3, 0.4) is 0 Å². The van der Waals surface area contributed by atoms with Crippen LogP contribution in [0, 0.1) is 0 Å². The third-order valence-corrected chi connectivity index (χ3v) is 4.66. The van der Waals surface area contributed by atoms with E-state index in [9.17, 15) is 4.21 Å². The second-order valence-electron chi connectivity index (χ2n) is 5.60. The van der Waals surface area contributed by atoms with E-state index >= 15 is 0 Å². The summed E-state index contributed by atoms with van der Waals surface area (Å²) in [5.74, 6) is 0.667. The molecular weight excluding hydrogens is 380 g/mol. The van der Waals surface area contributed by atoms with Crippen LogP contribution in [0.4, 0.5) is 22.7 Å². The Labute approximate surface area is 167 Å². The first-order chi connectivity index (χ1) is 13.5. The van der Waals surface area contributed by atoms with Crippen molar-refractivity contribution in [2.45, 2.75) is 18.7 Å². The highest BCUT2D eigenvalue weighted by Gasteiger charge is 2.14. The fourth-order valence-electron chi connectivity index (χ4n) is 2.56. The van der Waals surface area contributed by atoms with Crippen LogP contribution < -0.4 is 9.64 Å². The Morgan fingerprint density at radius 2 is 1.75 bits per heavy atom. The number of nitrogens with zero attached hydrogens (tertiary/aromatic N) is 4. The third-order valence-electron chi connectivity index (χ3n) is 3.99. The lowest BCUT2D eigenvalue weighted by Crippen LogP contribution is -2.22. The van der Waals surface area contributed by atoms with Crippen LogP contribution >= 0.6 is 0 Å². The van der Waals surface area contributed by atoms with Gasteiger partial charge < -0.3 is 18.9 Å². The average Bonchev–Trinajstić information content (AvgIpc) is 2.72. The number of hydrogen-bond acceptors (Lipinski definition) is 7. The molecule has 1 atom stereocenters. The number of ether oxygens (including phenoxy) is 2. The van der Waals surface area contributed by atoms with Gasteiger partial charge in [0.05, 0.1) is 36.2 Å². The van der Waals surface area contributed by atoms with E-state index in [1.165, 1.54) is 25.6 Å². The Morgan fingerprint density at radius 3 is 2.29 bits per heavy atom. The maximum atomic E-state index is 11.1. The van der Waals surface area contributed by atoms with Crippen LogP contribution in [0.2, 0.25) is 0 Å². The maximum absolute atomic E-state index is 11.1. The molecule has 0 amide bonds.